The lowest BCUT2D eigenvalue weighted by Gasteiger charge is -2.30. The van der Waals surface area contributed by atoms with Crippen LogP contribution in [0.5, 0.6) is 5.75 Å². The first-order chi connectivity index (χ1) is 19.5. The lowest BCUT2D eigenvalue weighted by Crippen LogP contribution is -2.29. The highest BCUT2D eigenvalue weighted by Crippen LogP contribution is 2.34. The van der Waals surface area contributed by atoms with Crippen LogP contribution < -0.4 is 15.0 Å². The Morgan fingerprint density at radius 1 is 1.05 bits per heavy atom. The van der Waals surface area contributed by atoms with Gasteiger partial charge in [-0.15, -0.1) is 0 Å². The third kappa shape index (κ3) is 6.37. The van der Waals surface area contributed by atoms with Crippen molar-refractivity contribution in [1.82, 2.24) is 9.97 Å². The Kier molecular flexibility index (Phi) is 8.50. The summed E-state index contributed by atoms with van der Waals surface area (Å²) >= 11 is 0. The average molecular weight is 537 g/mol. The van der Waals surface area contributed by atoms with E-state index in [-0.39, 0.29) is 12.2 Å². The molecule has 5 rings (SSSR count). The number of ether oxygens (including phenoxy) is 1. The molecule has 0 atom stereocenters. The number of ketones is 1. The first kappa shape index (κ1) is 27.1. The quantitative estimate of drug-likeness (QED) is 0.222. The zero-order chi connectivity index (χ0) is 27.9. The van der Waals surface area contributed by atoms with E-state index in [2.05, 4.69) is 27.8 Å². The molecular weight excluding hydrogens is 503 g/mol. The number of rotatable bonds is 10. The fraction of sp³-hybridized carbons (Fsp3) is 0.242. The van der Waals surface area contributed by atoms with Gasteiger partial charge in [0.15, 0.2) is 5.78 Å². The molecule has 0 spiro atoms. The molecule has 1 N–H and O–H groups in total. The number of carbonyl (C=O) groups excluding carboxylic acids is 1. The minimum Gasteiger partial charge on any atom is -0.495 e. The van der Waals surface area contributed by atoms with E-state index in [4.69, 9.17) is 9.72 Å². The number of nitrogens with one attached hydrogen (secondary N) is 1. The highest BCUT2D eigenvalue weighted by Gasteiger charge is 2.18. The SMILES string of the molecule is C=CC(=O)Cc1cc(-c2nc(Nc3ccc(OC)c(N4CCCCC4)c3)ncc2Cc2ccccc2)ccc1F. The summed E-state index contributed by atoms with van der Waals surface area (Å²) in [6, 6.07) is 20.8. The van der Waals surface area contributed by atoms with Gasteiger partial charge in [0.25, 0.3) is 0 Å². The molecule has 0 unspecified atom stereocenters. The van der Waals surface area contributed by atoms with Crippen LogP contribution in [0, 0.1) is 5.82 Å². The molecule has 1 aliphatic heterocycles. The molecule has 1 aromatic heterocycles. The van der Waals surface area contributed by atoms with Crippen molar-refractivity contribution in [3.63, 3.8) is 0 Å². The average Bonchev–Trinajstić information content (AvgIpc) is 3.00. The predicted molar refractivity (Wildman–Crippen MR) is 158 cm³/mol. The second kappa shape index (κ2) is 12.6. The zero-order valence-electron chi connectivity index (χ0n) is 22.7. The number of hydrogen-bond acceptors (Lipinski definition) is 6. The number of anilines is 3. The van der Waals surface area contributed by atoms with Crippen LogP contribution in [0.4, 0.5) is 21.7 Å². The largest absolute Gasteiger partial charge is 0.495 e. The zero-order valence-corrected chi connectivity index (χ0v) is 22.7. The number of methoxy groups -OCH3 is 1. The molecule has 2 heterocycles. The number of aromatic nitrogens is 2. The Hall–Kier alpha value is -4.52. The molecule has 204 valence electrons. The van der Waals surface area contributed by atoms with Crippen molar-refractivity contribution in [2.24, 2.45) is 0 Å². The van der Waals surface area contributed by atoms with E-state index in [1.54, 1.807) is 19.2 Å². The van der Waals surface area contributed by atoms with Crippen LogP contribution in [-0.2, 0) is 17.6 Å². The normalized spacial score (nSPS) is 13.1. The van der Waals surface area contributed by atoms with Gasteiger partial charge < -0.3 is 15.0 Å². The lowest BCUT2D eigenvalue weighted by molar-refractivity contribution is -0.114. The molecule has 0 aliphatic carbocycles. The van der Waals surface area contributed by atoms with E-state index in [0.29, 0.717) is 29.2 Å². The Balaban J connectivity index is 1.51. The van der Waals surface area contributed by atoms with Crippen molar-refractivity contribution in [2.75, 3.05) is 30.4 Å². The molecule has 7 heteroatoms. The highest BCUT2D eigenvalue weighted by molar-refractivity contribution is 5.91. The number of nitrogens with zero attached hydrogens (tertiary/aromatic N) is 3. The molecule has 0 amide bonds. The van der Waals surface area contributed by atoms with Gasteiger partial charge in [0.1, 0.15) is 11.6 Å². The maximum Gasteiger partial charge on any atom is 0.227 e. The Labute approximate surface area is 234 Å². The van der Waals surface area contributed by atoms with Crippen LogP contribution in [0.2, 0.25) is 0 Å². The molecular formula is C33H33FN4O2. The lowest BCUT2D eigenvalue weighted by atomic mass is 9.98. The van der Waals surface area contributed by atoms with Crippen LogP contribution in [-0.4, -0.2) is 36.0 Å². The number of hydrogen-bond donors (Lipinski definition) is 1. The first-order valence-electron chi connectivity index (χ1n) is 13.6. The molecule has 0 bridgehead atoms. The van der Waals surface area contributed by atoms with Gasteiger partial charge in [-0.2, -0.15) is 0 Å². The predicted octanol–water partition coefficient (Wildman–Crippen LogP) is 6.91. The van der Waals surface area contributed by atoms with Crippen molar-refractivity contribution in [2.45, 2.75) is 32.1 Å². The summed E-state index contributed by atoms with van der Waals surface area (Å²) < 4.78 is 20.3. The van der Waals surface area contributed by atoms with E-state index < -0.39 is 5.82 Å². The van der Waals surface area contributed by atoms with Crippen molar-refractivity contribution < 1.29 is 13.9 Å². The number of piperidine rings is 1. The van der Waals surface area contributed by atoms with E-state index >= 15 is 0 Å². The minimum absolute atomic E-state index is 0.0570. The van der Waals surface area contributed by atoms with E-state index in [0.717, 1.165) is 54.2 Å². The number of halogens is 1. The van der Waals surface area contributed by atoms with Crippen LogP contribution in [0.3, 0.4) is 0 Å². The Bertz CT molecular complexity index is 1500. The van der Waals surface area contributed by atoms with Crippen molar-refractivity contribution in [1.29, 1.82) is 0 Å². The van der Waals surface area contributed by atoms with Crippen molar-refractivity contribution >= 4 is 23.1 Å². The molecule has 3 aromatic carbocycles. The van der Waals surface area contributed by atoms with E-state index in [9.17, 15) is 9.18 Å². The van der Waals surface area contributed by atoms with Crippen LogP contribution in [0.1, 0.15) is 36.0 Å². The van der Waals surface area contributed by atoms with Gasteiger partial charge in [-0.05, 0) is 72.9 Å². The molecule has 4 aromatic rings. The smallest absolute Gasteiger partial charge is 0.227 e. The summed E-state index contributed by atoms with van der Waals surface area (Å²) in [5.41, 5.74) is 5.60. The number of allylic oxidation sites excluding steroid dienone is 1. The van der Waals surface area contributed by atoms with Gasteiger partial charge in [0.05, 0.1) is 18.5 Å². The second-order valence-corrected chi connectivity index (χ2v) is 9.94. The molecule has 1 saturated heterocycles. The first-order valence-corrected chi connectivity index (χ1v) is 13.6. The van der Waals surface area contributed by atoms with Crippen LogP contribution >= 0.6 is 0 Å². The summed E-state index contributed by atoms with van der Waals surface area (Å²) in [5, 5.41) is 3.36. The summed E-state index contributed by atoms with van der Waals surface area (Å²) in [6.07, 6.45) is 7.14. The fourth-order valence-corrected chi connectivity index (χ4v) is 5.06. The molecule has 6 nitrogen and oxygen atoms in total. The third-order valence-corrected chi connectivity index (χ3v) is 7.15. The highest BCUT2D eigenvalue weighted by atomic mass is 19.1. The maximum absolute atomic E-state index is 14.6. The monoisotopic (exact) mass is 536 g/mol. The van der Waals surface area contributed by atoms with Crippen LogP contribution in [0.25, 0.3) is 11.3 Å². The summed E-state index contributed by atoms with van der Waals surface area (Å²) in [4.78, 5) is 23.9. The molecule has 1 aliphatic rings. The van der Waals surface area contributed by atoms with E-state index in [1.165, 1.54) is 18.6 Å². The van der Waals surface area contributed by atoms with Gasteiger partial charge in [0, 0.05) is 48.9 Å². The Morgan fingerprint density at radius 3 is 2.60 bits per heavy atom. The van der Waals surface area contributed by atoms with Crippen molar-refractivity contribution in [3.8, 4) is 17.0 Å². The maximum atomic E-state index is 14.6. The topological polar surface area (TPSA) is 67.3 Å². The van der Waals surface area contributed by atoms with Gasteiger partial charge >= 0.3 is 0 Å². The van der Waals surface area contributed by atoms with Gasteiger partial charge in [-0.3, -0.25) is 4.79 Å². The Morgan fingerprint density at radius 2 is 1.85 bits per heavy atom. The summed E-state index contributed by atoms with van der Waals surface area (Å²) in [6.45, 7) is 5.51. The van der Waals surface area contributed by atoms with E-state index in [1.807, 2.05) is 48.7 Å². The summed E-state index contributed by atoms with van der Waals surface area (Å²) in [5.74, 6) is 0.587. The number of benzene rings is 3. The standard InChI is InChI=1S/C33H33FN4O2/c1-3-28(39)20-25-19-24(12-14-29(25)34)32-26(18-23-10-6-4-7-11-23)22-35-33(37-32)36-27-13-15-31(40-2)30(21-27)38-16-8-5-9-17-38/h3-4,6-7,10-15,19,21-22H,1,5,8-9,16-18,20H2,2H3,(H,35,36,37). The molecule has 1 fully saturated rings. The third-order valence-electron chi connectivity index (χ3n) is 7.15. The minimum atomic E-state index is -0.431. The second-order valence-electron chi connectivity index (χ2n) is 9.94. The van der Waals surface area contributed by atoms with Crippen molar-refractivity contribution in [3.05, 3.63) is 108 Å². The molecule has 40 heavy (non-hydrogen) atoms. The van der Waals surface area contributed by atoms with Gasteiger partial charge in [-0.25, -0.2) is 14.4 Å². The molecule has 0 saturated carbocycles. The van der Waals surface area contributed by atoms with Gasteiger partial charge in [-0.1, -0.05) is 36.9 Å². The number of carbonyl (C=O) groups is 1. The summed E-state index contributed by atoms with van der Waals surface area (Å²) in [7, 11) is 1.69. The van der Waals surface area contributed by atoms with Gasteiger partial charge in [0.2, 0.25) is 5.95 Å². The molecule has 0 radical (unpaired) electrons. The fourth-order valence-electron chi connectivity index (χ4n) is 5.06. The van der Waals surface area contributed by atoms with Crippen LogP contribution in [0.15, 0.2) is 85.6 Å².